The molecule has 0 radical (unpaired) electrons. The quantitative estimate of drug-likeness (QED) is 0.929. The normalized spacial score (nSPS) is 16.9. The average Bonchev–Trinajstić information content (AvgIpc) is 2.82. The van der Waals surface area contributed by atoms with Crippen LogP contribution in [0.2, 0.25) is 0 Å². The van der Waals surface area contributed by atoms with Gasteiger partial charge in [0.2, 0.25) is 5.82 Å². The van der Waals surface area contributed by atoms with Gasteiger partial charge in [0.15, 0.2) is 0 Å². The molecule has 0 aliphatic carbocycles. The third kappa shape index (κ3) is 2.77. The van der Waals surface area contributed by atoms with E-state index in [4.69, 9.17) is 9.26 Å². The van der Waals surface area contributed by atoms with E-state index in [2.05, 4.69) is 38.3 Å². The van der Waals surface area contributed by atoms with Crippen LogP contribution in [0, 0.1) is 6.92 Å². The van der Waals surface area contributed by atoms with Crippen LogP contribution in [0.15, 0.2) is 27.2 Å². The minimum Gasteiger partial charge on any atom is -0.363 e. The zero-order valence-electron chi connectivity index (χ0n) is 11.4. The van der Waals surface area contributed by atoms with Crippen LogP contribution < -0.4 is 5.32 Å². The second kappa shape index (κ2) is 5.27. The summed E-state index contributed by atoms with van der Waals surface area (Å²) in [6.07, 6.45) is 0. The highest BCUT2D eigenvalue weighted by atomic mass is 79.9. The summed E-state index contributed by atoms with van der Waals surface area (Å²) in [6.45, 7) is 6.17. The highest BCUT2D eigenvalue weighted by Crippen LogP contribution is 2.27. The highest BCUT2D eigenvalue weighted by Gasteiger charge is 2.33. The SMILES string of the molecule is Cc1ccc(-c2noc(COC3(C)CNC3)n2)c(Br)c1. The number of nitrogens with zero attached hydrogens (tertiary/aromatic N) is 2. The van der Waals surface area contributed by atoms with E-state index in [0.717, 1.165) is 23.1 Å². The van der Waals surface area contributed by atoms with Crippen LogP contribution >= 0.6 is 15.9 Å². The van der Waals surface area contributed by atoms with E-state index in [1.165, 1.54) is 5.56 Å². The van der Waals surface area contributed by atoms with Crippen LogP contribution in [-0.4, -0.2) is 28.8 Å². The predicted octanol–water partition coefficient (Wildman–Crippen LogP) is 2.69. The van der Waals surface area contributed by atoms with Gasteiger partial charge in [-0.3, -0.25) is 0 Å². The molecule has 1 fully saturated rings. The molecule has 2 aromatic rings. The summed E-state index contributed by atoms with van der Waals surface area (Å²) in [5.41, 5.74) is 1.99. The van der Waals surface area contributed by atoms with E-state index >= 15 is 0 Å². The fourth-order valence-corrected chi connectivity index (χ4v) is 2.71. The number of aromatic nitrogens is 2. The van der Waals surface area contributed by atoms with Gasteiger partial charge in [0.05, 0.1) is 5.60 Å². The van der Waals surface area contributed by atoms with Crippen LogP contribution in [-0.2, 0) is 11.3 Å². The molecule has 1 aliphatic heterocycles. The molecular formula is C14H16BrN3O2. The van der Waals surface area contributed by atoms with E-state index in [1.54, 1.807) is 0 Å². The fraction of sp³-hybridized carbons (Fsp3) is 0.429. The Hall–Kier alpha value is -1.24. The Morgan fingerprint density at radius 2 is 2.25 bits per heavy atom. The molecule has 6 heteroatoms. The molecule has 106 valence electrons. The average molecular weight is 338 g/mol. The summed E-state index contributed by atoms with van der Waals surface area (Å²) in [5, 5.41) is 7.19. The van der Waals surface area contributed by atoms with Crippen molar-refractivity contribution in [2.45, 2.75) is 26.1 Å². The molecule has 1 saturated heterocycles. The Balaban J connectivity index is 1.72. The molecule has 0 unspecified atom stereocenters. The van der Waals surface area contributed by atoms with E-state index in [0.29, 0.717) is 18.3 Å². The van der Waals surface area contributed by atoms with Gasteiger partial charge in [-0.05, 0) is 31.5 Å². The lowest BCUT2D eigenvalue weighted by Crippen LogP contribution is -2.58. The van der Waals surface area contributed by atoms with Crippen molar-refractivity contribution >= 4 is 15.9 Å². The van der Waals surface area contributed by atoms with Crippen LogP contribution in [0.25, 0.3) is 11.4 Å². The number of hydrogen-bond donors (Lipinski definition) is 1. The van der Waals surface area contributed by atoms with Gasteiger partial charge in [-0.15, -0.1) is 0 Å². The topological polar surface area (TPSA) is 60.2 Å². The van der Waals surface area contributed by atoms with Gasteiger partial charge in [0.25, 0.3) is 5.89 Å². The van der Waals surface area contributed by atoms with E-state index < -0.39 is 0 Å². The highest BCUT2D eigenvalue weighted by molar-refractivity contribution is 9.10. The van der Waals surface area contributed by atoms with Gasteiger partial charge in [-0.25, -0.2) is 0 Å². The third-order valence-electron chi connectivity index (χ3n) is 3.38. The molecule has 0 amide bonds. The number of hydrogen-bond acceptors (Lipinski definition) is 5. The monoisotopic (exact) mass is 337 g/mol. The molecule has 0 bridgehead atoms. The van der Waals surface area contributed by atoms with Gasteiger partial charge in [-0.1, -0.05) is 27.2 Å². The molecule has 0 saturated carbocycles. The van der Waals surface area contributed by atoms with E-state index in [9.17, 15) is 0 Å². The standard InChI is InChI=1S/C14H16BrN3O2/c1-9-3-4-10(11(15)5-9)13-17-12(20-18-13)6-19-14(2)7-16-8-14/h3-5,16H,6-8H2,1-2H3. The van der Waals surface area contributed by atoms with Crippen LogP contribution in [0.3, 0.4) is 0 Å². The number of halogens is 1. The first-order valence-electron chi connectivity index (χ1n) is 6.50. The first kappa shape index (κ1) is 13.7. The third-order valence-corrected chi connectivity index (χ3v) is 4.03. The minimum absolute atomic E-state index is 0.112. The Bertz CT molecular complexity index is 623. The molecule has 5 nitrogen and oxygen atoms in total. The first-order chi connectivity index (χ1) is 9.56. The van der Waals surface area contributed by atoms with Crippen molar-refractivity contribution in [3.05, 3.63) is 34.1 Å². The summed E-state index contributed by atoms with van der Waals surface area (Å²) >= 11 is 3.52. The molecular weight excluding hydrogens is 322 g/mol. The Kier molecular flexibility index (Phi) is 3.62. The maximum Gasteiger partial charge on any atom is 0.252 e. The lowest BCUT2D eigenvalue weighted by molar-refractivity contribution is -0.0841. The van der Waals surface area contributed by atoms with Gasteiger partial charge in [0, 0.05) is 23.1 Å². The largest absolute Gasteiger partial charge is 0.363 e. The number of aryl methyl sites for hydroxylation is 1. The molecule has 0 spiro atoms. The zero-order valence-corrected chi connectivity index (χ0v) is 13.0. The number of benzene rings is 1. The van der Waals surface area contributed by atoms with E-state index in [-0.39, 0.29) is 5.60 Å². The summed E-state index contributed by atoms with van der Waals surface area (Å²) in [7, 11) is 0. The lowest BCUT2D eigenvalue weighted by atomic mass is 10.0. The second-order valence-corrected chi connectivity index (χ2v) is 6.19. The molecule has 1 N–H and O–H groups in total. The molecule has 0 atom stereocenters. The summed E-state index contributed by atoms with van der Waals surface area (Å²) < 4.78 is 12.0. The molecule has 2 heterocycles. The molecule has 1 aromatic heterocycles. The van der Waals surface area contributed by atoms with Crippen molar-refractivity contribution < 1.29 is 9.26 Å². The summed E-state index contributed by atoms with van der Waals surface area (Å²) in [4.78, 5) is 4.38. The van der Waals surface area contributed by atoms with Crippen molar-refractivity contribution in [2.24, 2.45) is 0 Å². The Labute approximate surface area is 125 Å². The maximum atomic E-state index is 5.78. The fourth-order valence-electron chi connectivity index (χ4n) is 2.04. The van der Waals surface area contributed by atoms with Crippen molar-refractivity contribution in [1.29, 1.82) is 0 Å². The Morgan fingerprint density at radius 1 is 1.45 bits per heavy atom. The first-order valence-corrected chi connectivity index (χ1v) is 7.29. The molecule has 3 rings (SSSR count). The molecule has 20 heavy (non-hydrogen) atoms. The zero-order chi connectivity index (χ0) is 14.2. The van der Waals surface area contributed by atoms with Gasteiger partial charge in [0.1, 0.15) is 6.61 Å². The lowest BCUT2D eigenvalue weighted by Gasteiger charge is -2.38. The van der Waals surface area contributed by atoms with Crippen molar-refractivity contribution in [3.63, 3.8) is 0 Å². The molecule has 1 aromatic carbocycles. The van der Waals surface area contributed by atoms with Gasteiger partial charge in [-0.2, -0.15) is 4.98 Å². The summed E-state index contributed by atoms with van der Waals surface area (Å²) in [5.74, 6) is 1.08. The second-order valence-electron chi connectivity index (χ2n) is 5.34. The smallest absolute Gasteiger partial charge is 0.252 e. The van der Waals surface area contributed by atoms with Crippen LogP contribution in [0.4, 0.5) is 0 Å². The Morgan fingerprint density at radius 3 is 2.90 bits per heavy atom. The van der Waals surface area contributed by atoms with Crippen LogP contribution in [0.1, 0.15) is 18.4 Å². The number of nitrogens with one attached hydrogen (secondary N) is 1. The van der Waals surface area contributed by atoms with Crippen LogP contribution in [0.5, 0.6) is 0 Å². The van der Waals surface area contributed by atoms with Gasteiger partial charge >= 0.3 is 0 Å². The molecule has 1 aliphatic rings. The van der Waals surface area contributed by atoms with Crippen molar-refractivity contribution in [1.82, 2.24) is 15.5 Å². The van der Waals surface area contributed by atoms with Gasteiger partial charge < -0.3 is 14.6 Å². The summed E-state index contributed by atoms with van der Waals surface area (Å²) in [6, 6.07) is 6.03. The number of ether oxygens (including phenoxy) is 1. The predicted molar refractivity (Wildman–Crippen MR) is 78.2 cm³/mol. The number of rotatable bonds is 4. The van der Waals surface area contributed by atoms with E-state index in [1.807, 2.05) is 25.1 Å². The minimum atomic E-state index is -0.112. The maximum absolute atomic E-state index is 5.78. The van der Waals surface area contributed by atoms with Crippen molar-refractivity contribution in [2.75, 3.05) is 13.1 Å². The van der Waals surface area contributed by atoms with Crippen molar-refractivity contribution in [3.8, 4) is 11.4 Å².